The van der Waals surface area contributed by atoms with Gasteiger partial charge in [0.25, 0.3) is 11.6 Å². The summed E-state index contributed by atoms with van der Waals surface area (Å²) in [5, 5.41) is 19.9. The topological polar surface area (TPSA) is 84.3 Å². The minimum absolute atomic E-state index is 0.125. The Bertz CT molecular complexity index is 611. The molecule has 1 aromatic heterocycles. The van der Waals surface area contributed by atoms with Crippen LogP contribution in [0.25, 0.3) is 0 Å². The Morgan fingerprint density at radius 3 is 2.74 bits per heavy atom. The predicted molar refractivity (Wildman–Crippen MR) is 74.9 cm³/mol. The van der Waals surface area contributed by atoms with Crippen LogP contribution in [0.5, 0.6) is 0 Å². The van der Waals surface area contributed by atoms with E-state index >= 15 is 0 Å². The molecule has 6 nitrogen and oxygen atoms in total. The number of carbonyl (C=O) groups is 1. The molecule has 0 fully saturated rings. The number of carbonyl (C=O) groups excluding carboxylic acids is 1. The summed E-state index contributed by atoms with van der Waals surface area (Å²) in [5.74, 6) is -0.383. The third-order valence-electron chi connectivity index (χ3n) is 2.51. The summed E-state index contributed by atoms with van der Waals surface area (Å²) in [6, 6.07) is 6.15. The SMILES string of the molecule is CNc1c(C(=O)Nc2ccsc2)cccc1[N+](=O)[O-]. The second kappa shape index (κ2) is 5.49. The van der Waals surface area contributed by atoms with Crippen molar-refractivity contribution in [2.75, 3.05) is 17.7 Å². The molecule has 1 heterocycles. The first-order chi connectivity index (χ1) is 9.13. The van der Waals surface area contributed by atoms with Crippen molar-refractivity contribution in [3.05, 3.63) is 50.7 Å². The van der Waals surface area contributed by atoms with E-state index in [9.17, 15) is 14.9 Å². The van der Waals surface area contributed by atoms with Crippen molar-refractivity contribution in [3.8, 4) is 0 Å². The van der Waals surface area contributed by atoms with Crippen LogP contribution < -0.4 is 10.6 Å². The molecule has 19 heavy (non-hydrogen) atoms. The van der Waals surface area contributed by atoms with E-state index in [4.69, 9.17) is 0 Å². The van der Waals surface area contributed by atoms with Crippen molar-refractivity contribution < 1.29 is 9.72 Å². The van der Waals surface area contributed by atoms with Gasteiger partial charge in [-0.3, -0.25) is 14.9 Å². The first-order valence-corrected chi connectivity index (χ1v) is 6.36. The fourth-order valence-electron chi connectivity index (χ4n) is 1.68. The van der Waals surface area contributed by atoms with Gasteiger partial charge in [-0.1, -0.05) is 6.07 Å². The van der Waals surface area contributed by atoms with Gasteiger partial charge in [-0.05, 0) is 17.5 Å². The van der Waals surface area contributed by atoms with Crippen LogP contribution >= 0.6 is 11.3 Å². The van der Waals surface area contributed by atoms with Crippen LogP contribution in [0.1, 0.15) is 10.4 Å². The zero-order chi connectivity index (χ0) is 13.8. The van der Waals surface area contributed by atoms with E-state index in [0.29, 0.717) is 5.69 Å². The quantitative estimate of drug-likeness (QED) is 0.664. The molecule has 0 bridgehead atoms. The Morgan fingerprint density at radius 1 is 1.37 bits per heavy atom. The van der Waals surface area contributed by atoms with Crippen LogP contribution in [0.3, 0.4) is 0 Å². The highest BCUT2D eigenvalue weighted by atomic mass is 32.1. The van der Waals surface area contributed by atoms with Gasteiger partial charge in [0.15, 0.2) is 0 Å². The van der Waals surface area contributed by atoms with Crippen molar-refractivity contribution in [1.29, 1.82) is 0 Å². The molecular weight excluding hydrogens is 266 g/mol. The number of anilines is 2. The summed E-state index contributed by atoms with van der Waals surface area (Å²) in [5.41, 5.74) is 0.993. The predicted octanol–water partition coefficient (Wildman–Crippen LogP) is 2.95. The molecule has 0 aliphatic carbocycles. The number of nitro groups is 1. The lowest BCUT2D eigenvalue weighted by Gasteiger charge is -2.09. The summed E-state index contributed by atoms with van der Waals surface area (Å²) in [7, 11) is 1.55. The molecule has 0 saturated carbocycles. The van der Waals surface area contributed by atoms with Gasteiger partial charge >= 0.3 is 0 Å². The molecule has 0 aliphatic heterocycles. The maximum atomic E-state index is 12.1. The highest BCUT2D eigenvalue weighted by Crippen LogP contribution is 2.28. The molecule has 0 radical (unpaired) electrons. The number of hydrogen-bond acceptors (Lipinski definition) is 5. The van der Waals surface area contributed by atoms with Crippen molar-refractivity contribution in [1.82, 2.24) is 0 Å². The molecule has 0 unspecified atom stereocenters. The number of thiophene rings is 1. The number of benzene rings is 1. The molecule has 1 amide bonds. The molecule has 98 valence electrons. The van der Waals surface area contributed by atoms with Crippen molar-refractivity contribution >= 4 is 34.3 Å². The Kier molecular flexibility index (Phi) is 3.76. The van der Waals surface area contributed by atoms with Crippen molar-refractivity contribution in [2.45, 2.75) is 0 Å². The van der Waals surface area contributed by atoms with Crippen LogP contribution in [0, 0.1) is 10.1 Å². The highest BCUT2D eigenvalue weighted by molar-refractivity contribution is 7.08. The van der Waals surface area contributed by atoms with Gasteiger partial charge in [0.2, 0.25) is 0 Å². The average molecular weight is 277 g/mol. The molecular formula is C12H11N3O3S. The molecule has 2 rings (SSSR count). The number of nitrogens with one attached hydrogen (secondary N) is 2. The van der Waals surface area contributed by atoms with E-state index in [2.05, 4.69) is 10.6 Å². The molecule has 2 aromatic rings. The van der Waals surface area contributed by atoms with Crippen LogP contribution in [0.15, 0.2) is 35.0 Å². The Labute approximate surface area is 113 Å². The summed E-state index contributed by atoms with van der Waals surface area (Å²) >= 11 is 1.46. The van der Waals surface area contributed by atoms with E-state index in [1.54, 1.807) is 24.6 Å². The van der Waals surface area contributed by atoms with Crippen molar-refractivity contribution in [2.24, 2.45) is 0 Å². The van der Waals surface area contributed by atoms with Crippen molar-refractivity contribution in [3.63, 3.8) is 0 Å². The van der Waals surface area contributed by atoms with Gasteiger partial charge in [-0.15, -0.1) is 0 Å². The van der Waals surface area contributed by atoms with Gasteiger partial charge in [-0.25, -0.2) is 0 Å². The lowest BCUT2D eigenvalue weighted by Crippen LogP contribution is -2.14. The second-order valence-electron chi connectivity index (χ2n) is 3.67. The number of nitro benzene ring substituents is 1. The highest BCUT2D eigenvalue weighted by Gasteiger charge is 2.20. The van der Waals surface area contributed by atoms with Gasteiger partial charge < -0.3 is 10.6 Å². The molecule has 0 saturated heterocycles. The standard InChI is InChI=1S/C12H11N3O3S/c1-13-11-9(3-2-4-10(11)15(17)18)12(16)14-8-5-6-19-7-8/h2-7,13H,1H3,(H,14,16). The van der Waals surface area contributed by atoms with Crippen LogP contribution in [0.2, 0.25) is 0 Å². The van der Waals surface area contributed by atoms with Gasteiger partial charge in [-0.2, -0.15) is 11.3 Å². The van der Waals surface area contributed by atoms with Gasteiger partial charge in [0, 0.05) is 18.5 Å². The second-order valence-corrected chi connectivity index (χ2v) is 4.45. The fourth-order valence-corrected chi connectivity index (χ4v) is 2.27. The number of rotatable bonds is 4. The summed E-state index contributed by atoms with van der Waals surface area (Å²) in [6.45, 7) is 0. The minimum Gasteiger partial charge on any atom is -0.382 e. The molecule has 0 spiro atoms. The molecule has 0 aliphatic rings. The van der Waals surface area contributed by atoms with Crippen LogP contribution in [-0.4, -0.2) is 17.9 Å². The number of nitrogens with zero attached hydrogens (tertiary/aromatic N) is 1. The van der Waals surface area contributed by atoms with E-state index in [1.807, 2.05) is 5.38 Å². The van der Waals surface area contributed by atoms with Crippen LogP contribution in [0.4, 0.5) is 17.1 Å². The molecule has 7 heteroatoms. The van der Waals surface area contributed by atoms with Gasteiger partial charge in [0.1, 0.15) is 5.69 Å². The largest absolute Gasteiger partial charge is 0.382 e. The van der Waals surface area contributed by atoms with E-state index in [-0.39, 0.29) is 22.8 Å². The molecule has 2 N–H and O–H groups in total. The Hall–Kier alpha value is -2.41. The smallest absolute Gasteiger partial charge is 0.293 e. The first kappa shape index (κ1) is 13.0. The maximum Gasteiger partial charge on any atom is 0.293 e. The summed E-state index contributed by atoms with van der Waals surface area (Å²) in [6.07, 6.45) is 0. The minimum atomic E-state index is -0.521. The number of hydrogen-bond donors (Lipinski definition) is 2. The summed E-state index contributed by atoms with van der Waals surface area (Å²) in [4.78, 5) is 22.5. The summed E-state index contributed by atoms with van der Waals surface area (Å²) < 4.78 is 0. The zero-order valence-corrected chi connectivity index (χ0v) is 10.9. The van der Waals surface area contributed by atoms with Crippen LogP contribution in [-0.2, 0) is 0 Å². The molecule has 0 atom stereocenters. The van der Waals surface area contributed by atoms with E-state index in [1.165, 1.54) is 23.5 Å². The number of para-hydroxylation sites is 1. The van der Waals surface area contributed by atoms with Gasteiger partial charge in [0.05, 0.1) is 16.2 Å². The van der Waals surface area contributed by atoms with E-state index in [0.717, 1.165) is 0 Å². The zero-order valence-electron chi connectivity index (χ0n) is 10.0. The van der Waals surface area contributed by atoms with E-state index < -0.39 is 4.92 Å². The monoisotopic (exact) mass is 277 g/mol. The lowest BCUT2D eigenvalue weighted by molar-refractivity contribution is -0.384. The lowest BCUT2D eigenvalue weighted by atomic mass is 10.1. The normalized spacial score (nSPS) is 9.95. The Morgan fingerprint density at radius 2 is 2.16 bits per heavy atom. The Balaban J connectivity index is 2.36. The molecule has 1 aromatic carbocycles. The maximum absolute atomic E-state index is 12.1. The average Bonchev–Trinajstić information content (AvgIpc) is 2.90. The number of amides is 1. The third-order valence-corrected chi connectivity index (χ3v) is 3.20. The third kappa shape index (κ3) is 2.71. The fraction of sp³-hybridized carbons (Fsp3) is 0.0833. The first-order valence-electron chi connectivity index (χ1n) is 5.42.